The minimum absolute atomic E-state index is 0.0170. The maximum absolute atomic E-state index is 11.4. The largest absolute Gasteiger partial charge is 0.295 e. The Morgan fingerprint density at radius 2 is 2.15 bits per heavy atom. The molecule has 0 saturated carbocycles. The van der Waals surface area contributed by atoms with Crippen LogP contribution < -0.4 is 0 Å². The van der Waals surface area contributed by atoms with Crippen LogP contribution >= 0.6 is 8.46 Å². The molecular formula is C10H13O2P. The van der Waals surface area contributed by atoms with Crippen LogP contribution in [0.5, 0.6) is 0 Å². The second-order valence-corrected chi connectivity index (χ2v) is 4.26. The minimum Gasteiger partial charge on any atom is -0.295 e. The van der Waals surface area contributed by atoms with E-state index in [-0.39, 0.29) is 20.2 Å². The molecule has 1 rings (SSSR count). The van der Waals surface area contributed by atoms with Gasteiger partial charge < -0.3 is 0 Å². The fourth-order valence-corrected chi connectivity index (χ4v) is 2.01. The summed E-state index contributed by atoms with van der Waals surface area (Å²) in [5, 5.41) is 0.740. The number of rotatable bonds is 2. The molecule has 13 heavy (non-hydrogen) atoms. The molecule has 2 nitrogen and oxygen atoms in total. The summed E-state index contributed by atoms with van der Waals surface area (Å²) in [5.74, 6) is 0.297. The van der Waals surface area contributed by atoms with E-state index in [1.54, 1.807) is 6.92 Å². The normalized spacial score (nSPS) is 23.8. The van der Waals surface area contributed by atoms with Crippen molar-refractivity contribution < 1.29 is 9.36 Å². The van der Waals surface area contributed by atoms with E-state index < -0.39 is 0 Å². The summed E-state index contributed by atoms with van der Waals surface area (Å²) >= 11 is 0. The Labute approximate surface area is 79.9 Å². The van der Waals surface area contributed by atoms with E-state index >= 15 is 0 Å². The average Bonchev–Trinajstić information content (AvgIpc) is 2.09. The van der Waals surface area contributed by atoms with Gasteiger partial charge in [-0.25, -0.2) is 0 Å². The van der Waals surface area contributed by atoms with Crippen LogP contribution in [0.3, 0.4) is 0 Å². The maximum Gasteiger partial charge on any atom is 0.188 e. The van der Waals surface area contributed by atoms with Crippen LogP contribution in [0.1, 0.15) is 26.7 Å². The summed E-state index contributed by atoms with van der Waals surface area (Å²) in [6.07, 6.45) is 1.25. The third-order valence-corrected chi connectivity index (χ3v) is 3.27. The van der Waals surface area contributed by atoms with Gasteiger partial charge in [-0.3, -0.25) is 9.36 Å². The Morgan fingerprint density at radius 1 is 1.54 bits per heavy atom. The van der Waals surface area contributed by atoms with Crippen molar-refractivity contribution in [2.75, 3.05) is 0 Å². The number of carbonyl (C=O) groups is 1. The minimum atomic E-state index is -0.0170. The van der Waals surface area contributed by atoms with E-state index in [1.165, 1.54) is 0 Å². The molecule has 1 aliphatic carbocycles. The topological polar surface area (TPSA) is 34.1 Å². The second-order valence-electron chi connectivity index (χ2n) is 3.54. The Bertz CT molecular complexity index is 302. The average molecular weight is 196 g/mol. The Balaban J connectivity index is 2.95. The molecule has 0 aromatic heterocycles. The summed E-state index contributed by atoms with van der Waals surface area (Å²) < 4.78 is 10.7. The zero-order valence-corrected chi connectivity index (χ0v) is 8.86. The lowest BCUT2D eigenvalue weighted by atomic mass is 9.85. The summed E-state index contributed by atoms with van der Waals surface area (Å²) in [7, 11) is -0.0170. The molecule has 1 atom stereocenters. The lowest BCUT2D eigenvalue weighted by Crippen LogP contribution is -2.17. The molecule has 1 aliphatic rings. The van der Waals surface area contributed by atoms with Crippen LogP contribution in [0.15, 0.2) is 23.0 Å². The van der Waals surface area contributed by atoms with E-state index in [9.17, 15) is 9.36 Å². The van der Waals surface area contributed by atoms with Crippen molar-refractivity contribution in [2.24, 2.45) is 5.92 Å². The van der Waals surface area contributed by atoms with Gasteiger partial charge in [0.25, 0.3) is 0 Å². The molecule has 0 N–H and O–H groups in total. The number of ketones is 1. The van der Waals surface area contributed by atoms with Crippen molar-refractivity contribution in [2.45, 2.75) is 26.7 Å². The molecule has 0 amide bonds. The van der Waals surface area contributed by atoms with Gasteiger partial charge in [-0.05, 0) is 26.2 Å². The molecule has 0 fully saturated rings. The lowest BCUT2D eigenvalue weighted by Gasteiger charge is -2.21. The molecule has 1 unspecified atom stereocenters. The van der Waals surface area contributed by atoms with Crippen LogP contribution in [0.4, 0.5) is 0 Å². The highest BCUT2D eigenvalue weighted by Gasteiger charge is 2.25. The standard InChI is InChI=1S/C10H13O2P/c1-6(2)8-4-9(11)7(3)10(5-8)13-12/h8H,1,4-5H2,2-3H3. The highest BCUT2D eigenvalue weighted by molar-refractivity contribution is 7.29. The quantitative estimate of drug-likeness (QED) is 0.502. The highest BCUT2D eigenvalue weighted by Crippen LogP contribution is 2.35. The highest BCUT2D eigenvalue weighted by atomic mass is 31.1. The van der Waals surface area contributed by atoms with Gasteiger partial charge in [-0.2, -0.15) is 0 Å². The van der Waals surface area contributed by atoms with E-state index in [1.807, 2.05) is 6.92 Å². The summed E-state index contributed by atoms with van der Waals surface area (Å²) in [5.41, 5.74) is 1.68. The van der Waals surface area contributed by atoms with Crippen molar-refractivity contribution >= 4 is 14.2 Å². The fraction of sp³-hybridized carbons (Fsp3) is 0.500. The SMILES string of the molecule is C=C(C)C1CC(=O)C(C)=C(P=O)C1. The van der Waals surface area contributed by atoms with Crippen LogP contribution in [-0.2, 0) is 9.36 Å². The van der Waals surface area contributed by atoms with Crippen molar-refractivity contribution in [3.05, 3.63) is 23.0 Å². The Morgan fingerprint density at radius 3 is 2.62 bits per heavy atom. The first-order chi connectivity index (χ1) is 6.06. The first-order valence-electron chi connectivity index (χ1n) is 4.28. The van der Waals surface area contributed by atoms with Gasteiger partial charge in [0.05, 0.1) is 0 Å². The van der Waals surface area contributed by atoms with Crippen molar-refractivity contribution in [3.63, 3.8) is 0 Å². The fourth-order valence-electron chi connectivity index (χ4n) is 1.45. The van der Waals surface area contributed by atoms with Crippen LogP contribution in [0.25, 0.3) is 0 Å². The van der Waals surface area contributed by atoms with Crippen molar-refractivity contribution in [3.8, 4) is 0 Å². The molecule has 0 radical (unpaired) electrons. The molecule has 70 valence electrons. The predicted molar refractivity (Wildman–Crippen MR) is 52.9 cm³/mol. The molecule has 0 aromatic carbocycles. The van der Waals surface area contributed by atoms with Crippen molar-refractivity contribution in [1.29, 1.82) is 0 Å². The maximum atomic E-state index is 11.4. The van der Waals surface area contributed by atoms with Gasteiger partial charge >= 0.3 is 0 Å². The van der Waals surface area contributed by atoms with E-state index in [2.05, 4.69) is 6.58 Å². The first kappa shape index (κ1) is 10.3. The summed E-state index contributed by atoms with van der Waals surface area (Å²) in [6.45, 7) is 7.49. The number of Topliss-reactive ketones (excluding diaryl/α,β-unsaturated/α-hetero) is 1. The molecular weight excluding hydrogens is 183 g/mol. The monoisotopic (exact) mass is 196 g/mol. The molecule has 3 heteroatoms. The predicted octanol–water partition coefficient (Wildman–Crippen LogP) is 3.11. The van der Waals surface area contributed by atoms with Gasteiger partial charge in [0.2, 0.25) is 0 Å². The molecule has 0 heterocycles. The Hall–Kier alpha value is -0.750. The smallest absolute Gasteiger partial charge is 0.188 e. The van der Waals surface area contributed by atoms with Gasteiger partial charge in [0, 0.05) is 17.3 Å². The molecule has 0 aromatic rings. The van der Waals surface area contributed by atoms with Crippen LogP contribution in [0, 0.1) is 5.92 Å². The van der Waals surface area contributed by atoms with E-state index in [4.69, 9.17) is 0 Å². The number of hydrogen-bond acceptors (Lipinski definition) is 2. The summed E-state index contributed by atoms with van der Waals surface area (Å²) in [6, 6.07) is 0. The number of hydrogen-bond donors (Lipinski definition) is 0. The summed E-state index contributed by atoms with van der Waals surface area (Å²) in [4.78, 5) is 11.4. The van der Waals surface area contributed by atoms with Crippen molar-refractivity contribution in [1.82, 2.24) is 0 Å². The molecule has 0 aliphatic heterocycles. The lowest BCUT2D eigenvalue weighted by molar-refractivity contribution is -0.116. The van der Waals surface area contributed by atoms with E-state index in [0.717, 1.165) is 17.3 Å². The number of allylic oxidation sites excluding steroid dienone is 3. The van der Waals surface area contributed by atoms with Gasteiger partial charge in [-0.1, -0.05) is 12.2 Å². The molecule has 0 spiro atoms. The van der Waals surface area contributed by atoms with Crippen LogP contribution in [0.2, 0.25) is 0 Å². The molecule has 0 bridgehead atoms. The Kier molecular flexibility index (Phi) is 3.16. The van der Waals surface area contributed by atoms with E-state index in [0.29, 0.717) is 12.0 Å². The van der Waals surface area contributed by atoms with Gasteiger partial charge in [0.15, 0.2) is 14.2 Å². The number of carbonyl (C=O) groups excluding carboxylic acids is 1. The third-order valence-electron chi connectivity index (χ3n) is 2.53. The third kappa shape index (κ3) is 2.13. The van der Waals surface area contributed by atoms with Crippen LogP contribution in [-0.4, -0.2) is 5.78 Å². The second kappa shape index (κ2) is 3.97. The van der Waals surface area contributed by atoms with Gasteiger partial charge in [-0.15, -0.1) is 0 Å². The first-order valence-corrected chi connectivity index (χ1v) is 5.09. The molecule has 0 saturated heterocycles. The van der Waals surface area contributed by atoms with Gasteiger partial charge in [0.1, 0.15) is 0 Å². The zero-order chi connectivity index (χ0) is 10.0. The zero-order valence-electron chi connectivity index (χ0n) is 7.96.